The van der Waals surface area contributed by atoms with Gasteiger partial charge in [-0.15, -0.1) is 0 Å². The van der Waals surface area contributed by atoms with Gasteiger partial charge in [-0.05, 0) is 38.8 Å². The van der Waals surface area contributed by atoms with Gasteiger partial charge in [-0.1, -0.05) is 12.1 Å². The molecule has 1 aromatic heterocycles. The molecule has 1 saturated carbocycles. The third-order valence-electron chi connectivity index (χ3n) is 4.55. The SMILES string of the molecule is C[C@@H]1CN(C(=O)Nc2cccc(-c3n[nH]c(C4CC4)n3)c2)C[C@@H](C)O1. The van der Waals surface area contributed by atoms with Crippen LogP contribution in [0.3, 0.4) is 0 Å². The van der Waals surface area contributed by atoms with E-state index in [0.29, 0.717) is 24.8 Å². The maximum atomic E-state index is 12.5. The highest BCUT2D eigenvalue weighted by molar-refractivity contribution is 5.90. The highest BCUT2D eigenvalue weighted by Crippen LogP contribution is 2.38. The quantitative estimate of drug-likeness (QED) is 0.899. The maximum absolute atomic E-state index is 12.5. The number of nitrogens with zero attached hydrogens (tertiary/aromatic N) is 3. The minimum atomic E-state index is -0.104. The molecule has 2 N–H and O–H groups in total. The summed E-state index contributed by atoms with van der Waals surface area (Å²) in [7, 11) is 0. The highest BCUT2D eigenvalue weighted by Gasteiger charge is 2.28. The molecule has 2 heterocycles. The zero-order valence-corrected chi connectivity index (χ0v) is 14.5. The van der Waals surface area contributed by atoms with Crippen molar-refractivity contribution in [3.05, 3.63) is 30.1 Å². The zero-order valence-electron chi connectivity index (χ0n) is 14.5. The van der Waals surface area contributed by atoms with Gasteiger partial charge in [-0.3, -0.25) is 5.10 Å². The standard InChI is InChI=1S/C18H23N5O2/c1-11-9-23(10-12(2)25-11)18(24)19-15-5-3-4-14(8-15)17-20-16(21-22-17)13-6-7-13/h3-5,8,11-13H,6-7,9-10H2,1-2H3,(H,19,24)(H,20,21,22)/t11-,12-/m1/s1. The van der Waals surface area contributed by atoms with Crippen LogP contribution in [0.15, 0.2) is 24.3 Å². The fraction of sp³-hybridized carbons (Fsp3) is 0.500. The minimum absolute atomic E-state index is 0.0509. The number of rotatable bonds is 3. The summed E-state index contributed by atoms with van der Waals surface area (Å²) in [6.45, 7) is 5.16. The number of anilines is 1. The Morgan fingerprint density at radius 3 is 2.76 bits per heavy atom. The van der Waals surface area contributed by atoms with E-state index in [1.165, 1.54) is 12.8 Å². The summed E-state index contributed by atoms with van der Waals surface area (Å²) in [5.74, 6) is 2.17. The van der Waals surface area contributed by atoms with E-state index < -0.39 is 0 Å². The molecular weight excluding hydrogens is 318 g/mol. The van der Waals surface area contributed by atoms with Crippen molar-refractivity contribution in [2.75, 3.05) is 18.4 Å². The van der Waals surface area contributed by atoms with Gasteiger partial charge in [0.15, 0.2) is 5.82 Å². The normalized spacial score (nSPS) is 23.5. The first-order valence-corrected chi connectivity index (χ1v) is 8.82. The first-order valence-electron chi connectivity index (χ1n) is 8.82. The first-order chi connectivity index (χ1) is 12.1. The lowest BCUT2D eigenvalue weighted by molar-refractivity contribution is -0.0530. The van der Waals surface area contributed by atoms with E-state index in [1.54, 1.807) is 4.90 Å². The maximum Gasteiger partial charge on any atom is 0.322 e. The van der Waals surface area contributed by atoms with Crippen LogP contribution in [0.25, 0.3) is 11.4 Å². The molecule has 2 atom stereocenters. The molecule has 0 unspecified atom stereocenters. The van der Waals surface area contributed by atoms with Crippen molar-refractivity contribution in [1.29, 1.82) is 0 Å². The number of carbonyl (C=O) groups is 1. The third-order valence-corrected chi connectivity index (χ3v) is 4.55. The number of H-pyrrole nitrogens is 1. The minimum Gasteiger partial charge on any atom is -0.372 e. The van der Waals surface area contributed by atoms with Crippen molar-refractivity contribution in [2.24, 2.45) is 0 Å². The van der Waals surface area contributed by atoms with Crippen molar-refractivity contribution in [2.45, 2.75) is 44.8 Å². The fourth-order valence-corrected chi connectivity index (χ4v) is 3.23. The first kappa shape index (κ1) is 16.1. The van der Waals surface area contributed by atoms with Crippen LogP contribution < -0.4 is 5.32 Å². The van der Waals surface area contributed by atoms with Gasteiger partial charge < -0.3 is 15.0 Å². The van der Waals surface area contributed by atoms with Gasteiger partial charge in [-0.2, -0.15) is 5.10 Å². The second kappa shape index (κ2) is 6.48. The van der Waals surface area contributed by atoms with E-state index in [9.17, 15) is 4.79 Å². The van der Waals surface area contributed by atoms with Crippen LogP contribution in [0.5, 0.6) is 0 Å². The lowest BCUT2D eigenvalue weighted by atomic mass is 10.2. The molecule has 7 heteroatoms. The Hall–Kier alpha value is -2.41. The van der Waals surface area contributed by atoms with Crippen molar-refractivity contribution in [3.8, 4) is 11.4 Å². The molecule has 1 aromatic carbocycles. The summed E-state index contributed by atoms with van der Waals surface area (Å²) in [6.07, 6.45) is 2.47. The van der Waals surface area contributed by atoms with Gasteiger partial charge in [-0.25, -0.2) is 9.78 Å². The van der Waals surface area contributed by atoms with Crippen molar-refractivity contribution < 1.29 is 9.53 Å². The third kappa shape index (κ3) is 3.66. The Kier molecular flexibility index (Phi) is 4.17. The molecular formula is C18H23N5O2. The number of hydrogen-bond donors (Lipinski definition) is 2. The number of aromatic nitrogens is 3. The number of ether oxygens (including phenoxy) is 1. The van der Waals surface area contributed by atoms with Gasteiger partial charge in [0.1, 0.15) is 5.82 Å². The lowest BCUT2D eigenvalue weighted by Crippen LogP contribution is -2.49. The number of hydrogen-bond acceptors (Lipinski definition) is 4. The molecule has 1 aliphatic carbocycles. The Labute approximate surface area is 146 Å². The Bertz CT molecular complexity index is 760. The van der Waals surface area contributed by atoms with E-state index in [2.05, 4.69) is 20.5 Å². The molecule has 4 rings (SSSR count). The van der Waals surface area contributed by atoms with Gasteiger partial charge in [0.25, 0.3) is 0 Å². The van der Waals surface area contributed by atoms with Crippen LogP contribution in [0.1, 0.15) is 38.4 Å². The van der Waals surface area contributed by atoms with E-state index in [-0.39, 0.29) is 18.2 Å². The highest BCUT2D eigenvalue weighted by atomic mass is 16.5. The van der Waals surface area contributed by atoms with Crippen LogP contribution in [-0.2, 0) is 4.74 Å². The van der Waals surface area contributed by atoms with Crippen molar-refractivity contribution in [1.82, 2.24) is 20.1 Å². The van der Waals surface area contributed by atoms with Gasteiger partial charge in [0.2, 0.25) is 0 Å². The van der Waals surface area contributed by atoms with Crippen LogP contribution in [-0.4, -0.2) is 51.4 Å². The molecule has 132 valence electrons. The van der Waals surface area contributed by atoms with E-state index in [1.807, 2.05) is 38.1 Å². The molecule has 25 heavy (non-hydrogen) atoms. The molecule has 2 amide bonds. The molecule has 1 aliphatic heterocycles. The smallest absolute Gasteiger partial charge is 0.322 e. The Balaban J connectivity index is 1.46. The van der Waals surface area contributed by atoms with Crippen molar-refractivity contribution in [3.63, 3.8) is 0 Å². The Morgan fingerprint density at radius 2 is 2.04 bits per heavy atom. The summed E-state index contributed by atoms with van der Waals surface area (Å²) in [4.78, 5) is 18.9. The van der Waals surface area contributed by atoms with Crippen LogP contribution in [0, 0.1) is 0 Å². The number of nitrogens with one attached hydrogen (secondary N) is 2. The zero-order chi connectivity index (χ0) is 17.4. The molecule has 2 aliphatic rings. The molecule has 0 radical (unpaired) electrons. The van der Waals surface area contributed by atoms with Gasteiger partial charge >= 0.3 is 6.03 Å². The monoisotopic (exact) mass is 341 g/mol. The summed E-state index contributed by atoms with van der Waals surface area (Å²) in [6, 6.07) is 7.54. The number of aromatic amines is 1. The number of benzene rings is 1. The average molecular weight is 341 g/mol. The molecule has 0 spiro atoms. The van der Waals surface area contributed by atoms with Crippen LogP contribution in [0.2, 0.25) is 0 Å². The second-order valence-corrected chi connectivity index (χ2v) is 6.99. The van der Waals surface area contributed by atoms with Crippen LogP contribution in [0.4, 0.5) is 10.5 Å². The number of carbonyl (C=O) groups excluding carboxylic acids is 1. The summed E-state index contributed by atoms with van der Waals surface area (Å²) < 4.78 is 5.68. The fourth-order valence-electron chi connectivity index (χ4n) is 3.23. The largest absolute Gasteiger partial charge is 0.372 e. The van der Waals surface area contributed by atoms with Gasteiger partial charge in [0.05, 0.1) is 12.2 Å². The van der Waals surface area contributed by atoms with Crippen LogP contribution >= 0.6 is 0 Å². The number of amides is 2. The van der Waals surface area contributed by atoms with Gasteiger partial charge in [0, 0.05) is 30.3 Å². The molecule has 0 bridgehead atoms. The van der Waals surface area contributed by atoms with E-state index >= 15 is 0 Å². The molecule has 1 saturated heterocycles. The summed E-state index contributed by atoms with van der Waals surface area (Å²) in [5.41, 5.74) is 1.64. The second-order valence-electron chi connectivity index (χ2n) is 6.99. The predicted molar refractivity (Wildman–Crippen MR) is 94.4 cm³/mol. The van der Waals surface area contributed by atoms with E-state index in [4.69, 9.17) is 4.74 Å². The van der Waals surface area contributed by atoms with Crippen molar-refractivity contribution >= 4 is 11.7 Å². The number of morpholine rings is 1. The Morgan fingerprint density at radius 1 is 1.28 bits per heavy atom. The topological polar surface area (TPSA) is 83.1 Å². The summed E-state index contributed by atoms with van der Waals surface area (Å²) in [5, 5.41) is 10.3. The molecule has 2 aromatic rings. The number of urea groups is 1. The summed E-state index contributed by atoms with van der Waals surface area (Å²) >= 11 is 0. The average Bonchev–Trinajstić information content (AvgIpc) is 3.31. The molecule has 2 fully saturated rings. The predicted octanol–water partition coefficient (Wildman–Crippen LogP) is 2.99. The van der Waals surface area contributed by atoms with E-state index in [0.717, 1.165) is 17.1 Å². The lowest BCUT2D eigenvalue weighted by Gasteiger charge is -2.35. The molecule has 7 nitrogen and oxygen atoms in total.